The fourth-order valence-corrected chi connectivity index (χ4v) is 4.94. The van der Waals surface area contributed by atoms with Crippen LogP contribution in [0.2, 0.25) is 0 Å². The Balaban J connectivity index is 0.00000118. The molecule has 1 atom stereocenters. The third-order valence-electron chi connectivity index (χ3n) is 7.20. The molecule has 0 aliphatic rings. The molecule has 0 aliphatic carbocycles. The summed E-state index contributed by atoms with van der Waals surface area (Å²) in [6, 6.07) is 34.3. The fraction of sp³-hybridized carbons (Fsp3) is 0.147. The van der Waals surface area contributed by atoms with E-state index in [1.807, 2.05) is 49.4 Å². The average molecular weight is 528 g/mol. The molecule has 1 aromatic heterocycles. The smallest absolute Gasteiger partial charge is 0.345 e. The van der Waals surface area contributed by atoms with Gasteiger partial charge in [0.15, 0.2) is 0 Å². The van der Waals surface area contributed by atoms with Crippen LogP contribution in [0.1, 0.15) is 51.3 Å². The predicted octanol–water partition coefficient (Wildman–Crippen LogP) is 6.75. The van der Waals surface area contributed by atoms with Crippen LogP contribution in [0.25, 0.3) is 22.0 Å². The van der Waals surface area contributed by atoms with Crippen LogP contribution in [0.4, 0.5) is 0 Å². The quantitative estimate of drug-likeness (QED) is 0.264. The molecule has 0 fully saturated rings. The van der Waals surface area contributed by atoms with E-state index in [1.165, 1.54) is 27.9 Å². The van der Waals surface area contributed by atoms with Crippen molar-refractivity contribution in [3.05, 3.63) is 131 Å². The highest BCUT2D eigenvalue weighted by Crippen LogP contribution is 2.28. The first-order valence-corrected chi connectivity index (χ1v) is 12.9. The molecule has 0 saturated carbocycles. The maximum atomic E-state index is 13.1. The number of hydrogen-bond acceptors (Lipinski definition) is 4. The largest absolute Gasteiger partial charge is 0.373 e. The van der Waals surface area contributed by atoms with Crippen molar-refractivity contribution in [2.75, 3.05) is 0 Å². The topological polar surface area (TPSA) is 92.0 Å². The zero-order chi connectivity index (χ0) is 28.6. The Morgan fingerprint density at radius 3 is 2.17 bits per heavy atom. The average Bonchev–Trinajstić information content (AvgIpc) is 3.22. The van der Waals surface area contributed by atoms with Gasteiger partial charge in [0.05, 0.1) is 17.7 Å². The summed E-state index contributed by atoms with van der Waals surface area (Å²) in [7, 11) is 0. The number of aryl methyl sites for hydroxylation is 1. The lowest BCUT2D eigenvalue weighted by Gasteiger charge is -2.16. The van der Waals surface area contributed by atoms with Crippen molar-refractivity contribution in [1.29, 1.82) is 5.26 Å². The molecule has 0 radical (unpaired) electrons. The zero-order valence-electron chi connectivity index (χ0n) is 22.6. The number of hydrogen-bond donors (Lipinski definition) is 1. The van der Waals surface area contributed by atoms with Gasteiger partial charge in [-0.25, -0.2) is 0 Å². The van der Waals surface area contributed by atoms with E-state index in [-0.39, 0.29) is 18.1 Å². The molecule has 0 unspecified atom stereocenters. The van der Waals surface area contributed by atoms with Gasteiger partial charge in [0.25, 0.3) is 5.91 Å². The third kappa shape index (κ3) is 5.91. The lowest BCUT2D eigenvalue weighted by Crippen LogP contribution is -2.27. The van der Waals surface area contributed by atoms with E-state index in [2.05, 4.69) is 78.3 Å². The van der Waals surface area contributed by atoms with Gasteiger partial charge in [0.2, 0.25) is 0 Å². The Labute approximate surface area is 233 Å². The first kappa shape index (κ1) is 27.8. The van der Waals surface area contributed by atoms with Crippen LogP contribution in [0.5, 0.6) is 0 Å². The molecule has 6 nitrogen and oxygen atoms in total. The van der Waals surface area contributed by atoms with Crippen molar-refractivity contribution in [2.24, 2.45) is 0 Å². The maximum Gasteiger partial charge on any atom is 0.373 e. The second kappa shape index (κ2) is 12.5. The Hall–Kier alpha value is -5.24. The number of nitrogens with zero attached hydrogens (tertiary/aromatic N) is 2. The summed E-state index contributed by atoms with van der Waals surface area (Å²) in [6.07, 6.45) is 0.250. The van der Waals surface area contributed by atoms with Gasteiger partial charge in [-0.1, -0.05) is 72.8 Å². The lowest BCUT2D eigenvalue weighted by molar-refractivity contribution is -0.191. The third-order valence-corrected chi connectivity index (χ3v) is 7.20. The van der Waals surface area contributed by atoms with Crippen LogP contribution in [-0.4, -0.2) is 16.6 Å². The van der Waals surface area contributed by atoms with Gasteiger partial charge in [0, 0.05) is 28.7 Å². The summed E-state index contributed by atoms with van der Waals surface area (Å²) < 4.78 is 2.32. The fourth-order valence-electron chi connectivity index (χ4n) is 4.94. The normalized spacial score (nSPS) is 11.1. The van der Waals surface area contributed by atoms with Crippen molar-refractivity contribution in [2.45, 2.75) is 33.4 Å². The molecule has 0 aliphatic heterocycles. The van der Waals surface area contributed by atoms with Crippen LogP contribution >= 0.6 is 0 Å². The molecule has 4 aromatic carbocycles. The number of aromatic nitrogens is 1. The van der Waals surface area contributed by atoms with Crippen LogP contribution < -0.4 is 5.32 Å². The number of nitrogens with one attached hydrogen (secondary N) is 1. The highest BCUT2D eigenvalue weighted by molar-refractivity contribution is 5.99. The van der Waals surface area contributed by atoms with Crippen molar-refractivity contribution in [3.8, 4) is 17.2 Å². The van der Waals surface area contributed by atoms with E-state index in [9.17, 15) is 10.1 Å². The van der Waals surface area contributed by atoms with Crippen molar-refractivity contribution in [3.63, 3.8) is 0 Å². The Bertz CT molecular complexity index is 1720. The molecule has 5 aromatic rings. The summed E-state index contributed by atoms with van der Waals surface area (Å²) in [4.78, 5) is 29.4. The number of amides is 1. The standard InChI is InChI=1S/C33H29N3O.CO2/c1-22-24(3)36(21-25-13-15-27(16-14-25)26-9-5-4-6-10-26)32-18-17-28(19-31(22)32)33(37)35-23(2)30-12-8-7-11-29(30)20-34;2-1-3/h4-19,23H,21H2,1-3H3,(H,35,37);/t23-;/m0./s1. The van der Waals surface area contributed by atoms with Crippen molar-refractivity contribution < 1.29 is 14.4 Å². The van der Waals surface area contributed by atoms with E-state index in [0.29, 0.717) is 11.1 Å². The summed E-state index contributed by atoms with van der Waals surface area (Å²) in [5.74, 6) is -0.150. The van der Waals surface area contributed by atoms with E-state index >= 15 is 0 Å². The highest BCUT2D eigenvalue weighted by atomic mass is 16.2. The first-order valence-electron chi connectivity index (χ1n) is 12.9. The molecule has 1 N–H and O–H groups in total. The Morgan fingerprint density at radius 1 is 0.875 bits per heavy atom. The number of carbonyl (C=O) groups excluding carboxylic acids is 3. The summed E-state index contributed by atoms with van der Waals surface area (Å²) in [6.45, 7) is 6.91. The van der Waals surface area contributed by atoms with E-state index in [4.69, 9.17) is 9.59 Å². The molecule has 0 spiro atoms. The monoisotopic (exact) mass is 527 g/mol. The van der Waals surface area contributed by atoms with Gasteiger partial charge in [-0.05, 0) is 72.9 Å². The molecule has 5 rings (SSSR count). The van der Waals surface area contributed by atoms with Gasteiger partial charge < -0.3 is 9.88 Å². The molecule has 1 amide bonds. The minimum absolute atomic E-state index is 0.150. The van der Waals surface area contributed by atoms with E-state index < -0.39 is 0 Å². The number of rotatable bonds is 6. The Morgan fingerprint density at radius 2 is 1.50 bits per heavy atom. The molecule has 198 valence electrons. The van der Waals surface area contributed by atoms with Gasteiger partial charge in [-0.3, -0.25) is 4.79 Å². The molecular weight excluding hydrogens is 498 g/mol. The summed E-state index contributed by atoms with van der Waals surface area (Å²) in [5.41, 5.74) is 9.13. The number of benzene rings is 4. The predicted molar refractivity (Wildman–Crippen MR) is 154 cm³/mol. The zero-order valence-corrected chi connectivity index (χ0v) is 22.6. The van der Waals surface area contributed by atoms with Gasteiger partial charge in [0.1, 0.15) is 0 Å². The van der Waals surface area contributed by atoms with Crippen LogP contribution in [-0.2, 0) is 16.1 Å². The van der Waals surface area contributed by atoms with Crippen molar-refractivity contribution in [1.82, 2.24) is 9.88 Å². The molecular formula is C34H29N3O3. The first-order chi connectivity index (χ1) is 19.4. The van der Waals surface area contributed by atoms with Crippen LogP contribution in [0.3, 0.4) is 0 Å². The van der Waals surface area contributed by atoms with E-state index in [1.54, 1.807) is 6.07 Å². The lowest BCUT2D eigenvalue weighted by atomic mass is 10.0. The molecule has 1 heterocycles. The summed E-state index contributed by atoms with van der Waals surface area (Å²) in [5, 5.41) is 13.5. The minimum atomic E-state index is -0.273. The second-order valence-corrected chi connectivity index (χ2v) is 9.57. The molecule has 40 heavy (non-hydrogen) atoms. The van der Waals surface area contributed by atoms with Crippen molar-refractivity contribution >= 4 is 23.0 Å². The minimum Gasteiger partial charge on any atom is -0.345 e. The van der Waals surface area contributed by atoms with Crippen LogP contribution in [0.15, 0.2) is 97.1 Å². The number of nitriles is 1. The van der Waals surface area contributed by atoms with Crippen LogP contribution in [0, 0.1) is 25.2 Å². The SMILES string of the molecule is Cc1c(C)n(Cc2ccc(-c3ccccc3)cc2)c2ccc(C(=O)N[C@@H](C)c3ccccc3C#N)cc12.O=C=O. The molecule has 6 heteroatoms. The molecule has 0 bridgehead atoms. The van der Waals surface area contributed by atoms with Gasteiger partial charge in [-0.15, -0.1) is 0 Å². The highest BCUT2D eigenvalue weighted by Gasteiger charge is 2.17. The van der Waals surface area contributed by atoms with Gasteiger partial charge in [-0.2, -0.15) is 14.9 Å². The second-order valence-electron chi connectivity index (χ2n) is 9.57. The number of carbonyl (C=O) groups is 1. The Kier molecular flexibility index (Phi) is 8.71. The molecule has 0 saturated heterocycles. The summed E-state index contributed by atoms with van der Waals surface area (Å²) >= 11 is 0. The maximum absolute atomic E-state index is 13.1. The van der Waals surface area contributed by atoms with Gasteiger partial charge >= 0.3 is 6.15 Å². The number of fused-ring (bicyclic) bond motifs is 1. The van der Waals surface area contributed by atoms with E-state index in [0.717, 1.165) is 23.0 Å².